The van der Waals surface area contributed by atoms with Crippen molar-refractivity contribution in [3.05, 3.63) is 65.2 Å². The molecule has 2 rings (SSSR count). The number of benzene rings is 2. The van der Waals surface area contributed by atoms with Crippen molar-refractivity contribution in [2.75, 3.05) is 11.4 Å². The molecule has 1 amide bonds. The van der Waals surface area contributed by atoms with Crippen LogP contribution in [0.25, 0.3) is 0 Å². The maximum absolute atomic E-state index is 12.6. The molecule has 0 spiro atoms. The van der Waals surface area contributed by atoms with E-state index in [1.807, 2.05) is 62.4 Å². The van der Waals surface area contributed by atoms with Gasteiger partial charge in [-0.2, -0.15) is 5.26 Å². The molecule has 0 aliphatic heterocycles. The summed E-state index contributed by atoms with van der Waals surface area (Å²) in [5.41, 5.74) is 3.55. The second kappa shape index (κ2) is 6.03. The highest BCUT2D eigenvalue weighted by molar-refractivity contribution is 6.06. The van der Waals surface area contributed by atoms with Gasteiger partial charge < -0.3 is 0 Å². The minimum absolute atomic E-state index is 0.0375. The van der Waals surface area contributed by atoms with Gasteiger partial charge in [-0.1, -0.05) is 24.3 Å². The Hall–Kier alpha value is -2.60. The summed E-state index contributed by atoms with van der Waals surface area (Å²) in [5.74, 6) is -0.152. The average molecular weight is 264 g/mol. The number of rotatable bonds is 3. The highest BCUT2D eigenvalue weighted by Crippen LogP contribution is 2.18. The molecule has 0 fully saturated rings. The lowest BCUT2D eigenvalue weighted by Gasteiger charge is -2.20. The van der Waals surface area contributed by atoms with Crippen LogP contribution in [0, 0.1) is 25.2 Å². The zero-order valence-electron chi connectivity index (χ0n) is 11.6. The van der Waals surface area contributed by atoms with Gasteiger partial charge in [-0.15, -0.1) is 0 Å². The first-order chi connectivity index (χ1) is 9.63. The van der Waals surface area contributed by atoms with Crippen LogP contribution in [0.1, 0.15) is 21.5 Å². The monoisotopic (exact) mass is 264 g/mol. The maximum atomic E-state index is 12.6. The molecule has 0 aliphatic carbocycles. The number of nitrogens with zero attached hydrogens (tertiary/aromatic N) is 2. The van der Waals surface area contributed by atoms with Gasteiger partial charge in [-0.05, 0) is 49.2 Å². The van der Waals surface area contributed by atoms with Crippen molar-refractivity contribution in [1.29, 1.82) is 5.26 Å². The van der Waals surface area contributed by atoms with E-state index >= 15 is 0 Å². The number of carbonyl (C=O) groups excluding carboxylic acids is 1. The Labute approximate surface area is 119 Å². The van der Waals surface area contributed by atoms with Gasteiger partial charge in [0.1, 0.15) is 6.54 Å². The largest absolute Gasteiger partial charge is 0.295 e. The zero-order chi connectivity index (χ0) is 14.5. The number of carbonyl (C=O) groups is 1. The van der Waals surface area contributed by atoms with Crippen LogP contribution in [0.2, 0.25) is 0 Å². The molecule has 0 unspecified atom stereocenters. The summed E-state index contributed by atoms with van der Waals surface area (Å²) in [6.07, 6.45) is 0. The Morgan fingerprint density at radius 2 is 1.80 bits per heavy atom. The van der Waals surface area contributed by atoms with E-state index in [2.05, 4.69) is 0 Å². The van der Waals surface area contributed by atoms with Gasteiger partial charge in [0.15, 0.2) is 0 Å². The second-order valence-electron chi connectivity index (χ2n) is 4.68. The smallest absolute Gasteiger partial charge is 0.259 e. The summed E-state index contributed by atoms with van der Waals surface area (Å²) < 4.78 is 0. The standard InChI is InChI=1S/C17H16N2O/c1-13-8-9-15(12-14(13)2)17(20)19(11-10-18)16-6-4-3-5-7-16/h3-9,12H,11H2,1-2H3. The van der Waals surface area contributed by atoms with E-state index in [-0.39, 0.29) is 12.5 Å². The molecule has 0 heterocycles. The van der Waals surface area contributed by atoms with Crippen LogP contribution in [0.4, 0.5) is 5.69 Å². The lowest BCUT2D eigenvalue weighted by Crippen LogP contribution is -2.31. The molecule has 100 valence electrons. The van der Waals surface area contributed by atoms with Gasteiger partial charge >= 0.3 is 0 Å². The van der Waals surface area contributed by atoms with E-state index in [0.29, 0.717) is 5.56 Å². The van der Waals surface area contributed by atoms with Gasteiger partial charge in [0, 0.05) is 11.3 Å². The Balaban J connectivity index is 2.37. The van der Waals surface area contributed by atoms with Crippen LogP contribution in [0.15, 0.2) is 48.5 Å². The summed E-state index contributed by atoms with van der Waals surface area (Å²) >= 11 is 0. The van der Waals surface area contributed by atoms with Crippen LogP contribution in [0.3, 0.4) is 0 Å². The Kier molecular flexibility index (Phi) is 4.17. The molecule has 0 N–H and O–H groups in total. The molecule has 0 saturated carbocycles. The van der Waals surface area contributed by atoms with Crippen molar-refractivity contribution in [3.8, 4) is 6.07 Å². The fourth-order valence-electron chi connectivity index (χ4n) is 1.99. The number of hydrogen-bond acceptors (Lipinski definition) is 2. The second-order valence-corrected chi connectivity index (χ2v) is 4.68. The summed E-state index contributed by atoms with van der Waals surface area (Å²) in [4.78, 5) is 14.1. The predicted molar refractivity (Wildman–Crippen MR) is 79.6 cm³/mol. The van der Waals surface area contributed by atoms with Crippen LogP contribution in [-0.4, -0.2) is 12.5 Å². The van der Waals surface area contributed by atoms with E-state index in [1.165, 1.54) is 4.90 Å². The predicted octanol–water partition coefficient (Wildman–Crippen LogP) is 3.47. The minimum Gasteiger partial charge on any atom is -0.295 e. The lowest BCUT2D eigenvalue weighted by molar-refractivity contribution is 0.0990. The Bertz CT molecular complexity index is 656. The molecule has 0 atom stereocenters. The van der Waals surface area contributed by atoms with Crippen LogP contribution < -0.4 is 4.90 Å². The molecule has 0 aromatic heterocycles. The molecule has 20 heavy (non-hydrogen) atoms. The summed E-state index contributed by atoms with van der Waals surface area (Å²) in [6, 6.07) is 16.9. The molecule has 0 bridgehead atoms. The highest BCUT2D eigenvalue weighted by Gasteiger charge is 2.17. The summed E-state index contributed by atoms with van der Waals surface area (Å²) in [6.45, 7) is 4.02. The van der Waals surface area contributed by atoms with Gasteiger partial charge in [-0.3, -0.25) is 9.69 Å². The molecule has 0 aliphatic rings. The molecular weight excluding hydrogens is 248 g/mol. The number of amides is 1. The first kappa shape index (κ1) is 13.8. The minimum atomic E-state index is -0.152. The molecular formula is C17H16N2O. The van der Waals surface area contributed by atoms with E-state index < -0.39 is 0 Å². The highest BCUT2D eigenvalue weighted by atomic mass is 16.2. The third-order valence-corrected chi connectivity index (χ3v) is 3.30. The van der Waals surface area contributed by atoms with Crippen LogP contribution >= 0.6 is 0 Å². The van der Waals surface area contributed by atoms with Crippen molar-refractivity contribution >= 4 is 11.6 Å². The first-order valence-corrected chi connectivity index (χ1v) is 6.44. The Morgan fingerprint density at radius 1 is 1.10 bits per heavy atom. The fraction of sp³-hybridized carbons (Fsp3) is 0.176. The fourth-order valence-corrected chi connectivity index (χ4v) is 1.99. The van der Waals surface area contributed by atoms with Gasteiger partial charge in [0.25, 0.3) is 5.91 Å². The molecule has 3 heteroatoms. The molecule has 2 aromatic carbocycles. The van der Waals surface area contributed by atoms with Gasteiger partial charge in [0.2, 0.25) is 0 Å². The van der Waals surface area contributed by atoms with Gasteiger partial charge in [-0.25, -0.2) is 0 Å². The SMILES string of the molecule is Cc1ccc(C(=O)N(CC#N)c2ccccc2)cc1C. The van der Waals surface area contributed by atoms with E-state index in [9.17, 15) is 4.79 Å². The van der Waals surface area contributed by atoms with Crippen molar-refractivity contribution in [2.24, 2.45) is 0 Å². The number of nitriles is 1. The third-order valence-electron chi connectivity index (χ3n) is 3.30. The van der Waals surface area contributed by atoms with Crippen LogP contribution in [0.5, 0.6) is 0 Å². The van der Waals surface area contributed by atoms with Crippen molar-refractivity contribution in [3.63, 3.8) is 0 Å². The Morgan fingerprint density at radius 3 is 2.40 bits per heavy atom. The number of aryl methyl sites for hydroxylation is 2. The lowest BCUT2D eigenvalue weighted by atomic mass is 10.1. The summed E-state index contributed by atoms with van der Waals surface area (Å²) in [7, 11) is 0. The number of para-hydroxylation sites is 1. The zero-order valence-corrected chi connectivity index (χ0v) is 11.6. The molecule has 0 radical (unpaired) electrons. The molecule has 3 nitrogen and oxygen atoms in total. The van der Waals surface area contributed by atoms with E-state index in [4.69, 9.17) is 5.26 Å². The number of anilines is 1. The molecule has 0 saturated heterocycles. The normalized spacial score (nSPS) is 9.85. The van der Waals surface area contributed by atoms with Crippen molar-refractivity contribution < 1.29 is 4.79 Å². The summed E-state index contributed by atoms with van der Waals surface area (Å²) in [5, 5.41) is 8.95. The number of hydrogen-bond donors (Lipinski definition) is 0. The third kappa shape index (κ3) is 2.86. The maximum Gasteiger partial charge on any atom is 0.259 e. The van der Waals surface area contributed by atoms with Crippen molar-refractivity contribution in [1.82, 2.24) is 0 Å². The van der Waals surface area contributed by atoms with E-state index in [0.717, 1.165) is 16.8 Å². The average Bonchev–Trinajstić information content (AvgIpc) is 2.48. The van der Waals surface area contributed by atoms with Crippen LogP contribution in [-0.2, 0) is 0 Å². The topological polar surface area (TPSA) is 44.1 Å². The van der Waals surface area contributed by atoms with E-state index in [1.54, 1.807) is 6.07 Å². The van der Waals surface area contributed by atoms with Gasteiger partial charge in [0.05, 0.1) is 6.07 Å². The molecule has 2 aromatic rings. The van der Waals surface area contributed by atoms with Crippen molar-refractivity contribution in [2.45, 2.75) is 13.8 Å². The quantitative estimate of drug-likeness (QED) is 0.797. The first-order valence-electron chi connectivity index (χ1n) is 6.44.